The molecule has 1 aromatic rings. The first kappa shape index (κ1) is 37.3. The van der Waals surface area contributed by atoms with Crippen molar-refractivity contribution in [1.29, 1.82) is 0 Å². The molecular weight excluding hydrogens is 625 g/mol. The Balaban J connectivity index is 1.81. The van der Waals surface area contributed by atoms with Crippen molar-refractivity contribution in [2.75, 3.05) is 19.8 Å². The van der Waals surface area contributed by atoms with Gasteiger partial charge in [-0.3, -0.25) is 14.1 Å². The molecule has 1 saturated heterocycles. The number of para-hydroxylation sites is 1. The highest BCUT2D eigenvalue weighted by molar-refractivity contribution is 7.52. The Labute approximate surface area is 268 Å². The van der Waals surface area contributed by atoms with Gasteiger partial charge in [0.2, 0.25) is 6.23 Å². The predicted octanol–water partition coefficient (Wildman–Crippen LogP) is 2.57. The molecule has 0 bridgehead atoms. The number of hydrogen-bond donors (Lipinski definition) is 4. The van der Waals surface area contributed by atoms with Crippen LogP contribution in [0.2, 0.25) is 0 Å². The van der Waals surface area contributed by atoms with Gasteiger partial charge in [0.25, 0.3) is 0 Å². The van der Waals surface area contributed by atoms with Gasteiger partial charge in [-0.1, -0.05) is 57.7 Å². The maximum Gasteiger partial charge on any atom is 0.500 e. The molecule has 1 fully saturated rings. The number of ether oxygens (including phenoxy) is 3. The molecule has 15 nitrogen and oxygen atoms in total. The minimum Gasteiger partial charge on any atom is -0.466 e. The van der Waals surface area contributed by atoms with Crippen molar-refractivity contribution in [2.45, 2.75) is 102 Å². The van der Waals surface area contributed by atoms with E-state index in [9.17, 15) is 34.0 Å². The highest BCUT2D eigenvalue weighted by atomic mass is 31.2. The lowest BCUT2D eigenvalue weighted by atomic mass is 9.96. The monoisotopic (exact) mass is 670 g/mol. The van der Waals surface area contributed by atoms with Crippen LogP contribution in [0, 0.1) is 0 Å². The quantitative estimate of drug-likeness (QED) is 0.0726. The van der Waals surface area contributed by atoms with Crippen molar-refractivity contribution in [3.05, 3.63) is 30.3 Å². The second-order valence-corrected chi connectivity index (χ2v) is 12.9. The van der Waals surface area contributed by atoms with E-state index in [1.165, 1.54) is 25.3 Å². The number of aliphatic hydroxyl groups excluding tert-OH is 1. The van der Waals surface area contributed by atoms with Gasteiger partial charge in [-0.25, -0.2) is 9.36 Å². The first-order chi connectivity index (χ1) is 21.9. The number of carbonyl (C=O) groups is 4. The Morgan fingerprint density at radius 3 is 2.39 bits per heavy atom. The smallest absolute Gasteiger partial charge is 0.466 e. The van der Waals surface area contributed by atoms with Crippen molar-refractivity contribution in [3.8, 4) is 5.75 Å². The van der Waals surface area contributed by atoms with Crippen LogP contribution < -0.4 is 14.9 Å². The third-order valence-electron chi connectivity index (χ3n) is 7.31. The number of aliphatic hydroxyl groups is 2. The van der Waals surface area contributed by atoms with Crippen molar-refractivity contribution < 1.29 is 61.8 Å². The molecule has 2 aliphatic heterocycles. The number of urea groups is 1. The van der Waals surface area contributed by atoms with E-state index in [0.717, 1.165) is 30.3 Å². The third-order valence-corrected chi connectivity index (χ3v) is 8.88. The summed E-state index contributed by atoms with van der Waals surface area (Å²) >= 11 is 0. The lowest BCUT2D eigenvalue weighted by Gasteiger charge is -2.26. The molecule has 0 aromatic heterocycles. The molecule has 46 heavy (non-hydrogen) atoms. The number of amides is 3. The molecule has 0 radical (unpaired) electrons. The average molecular weight is 671 g/mol. The molecule has 2 aliphatic rings. The number of esters is 2. The number of nitrogens with one attached hydrogen (secondary N) is 2. The average Bonchev–Trinajstić information content (AvgIpc) is 3.24. The van der Waals surface area contributed by atoms with Crippen LogP contribution in [0.3, 0.4) is 0 Å². The highest BCUT2D eigenvalue weighted by Gasteiger charge is 2.58. The Hall–Kier alpha value is -3.20. The topological polar surface area (TPSA) is 199 Å². The molecule has 0 aliphatic carbocycles. The summed E-state index contributed by atoms with van der Waals surface area (Å²) in [6.07, 6.45) is 0.776. The van der Waals surface area contributed by atoms with Gasteiger partial charge in [0.15, 0.2) is 5.60 Å². The van der Waals surface area contributed by atoms with E-state index in [2.05, 4.69) is 10.4 Å². The van der Waals surface area contributed by atoms with E-state index in [1.807, 2.05) is 13.8 Å². The van der Waals surface area contributed by atoms with Crippen LogP contribution in [-0.4, -0.2) is 94.8 Å². The second kappa shape index (κ2) is 17.6. The molecule has 0 saturated carbocycles. The van der Waals surface area contributed by atoms with E-state index in [4.69, 9.17) is 23.3 Å². The molecule has 3 rings (SSSR count). The van der Waals surface area contributed by atoms with E-state index < -0.39 is 74.7 Å². The molecule has 256 valence electrons. The SMILES string of the molecule is CCCCCOC(=O)C[C@H](N[P@@](=O)(OC[C@H]1O[C@@H]([N+]2=CCC(=O)NC2=O)[C@](C)(O)[C@@H]1O)Oc1ccccc1)C(=O)OCCCCC. The molecule has 16 heteroatoms. The maximum absolute atomic E-state index is 14.2. The van der Waals surface area contributed by atoms with Gasteiger partial charge in [-0.15, -0.1) is 0 Å². The van der Waals surface area contributed by atoms with Crippen LogP contribution in [0.5, 0.6) is 5.75 Å². The highest BCUT2D eigenvalue weighted by Crippen LogP contribution is 2.46. The summed E-state index contributed by atoms with van der Waals surface area (Å²) in [5.41, 5.74) is -2.04. The van der Waals surface area contributed by atoms with Crippen molar-refractivity contribution in [1.82, 2.24) is 10.4 Å². The zero-order valence-electron chi connectivity index (χ0n) is 26.4. The fourth-order valence-electron chi connectivity index (χ4n) is 4.72. The van der Waals surface area contributed by atoms with Crippen molar-refractivity contribution in [3.63, 3.8) is 0 Å². The molecular formula is C30H45N3O12P+. The summed E-state index contributed by atoms with van der Waals surface area (Å²) < 4.78 is 42.9. The first-order valence-electron chi connectivity index (χ1n) is 15.5. The van der Waals surface area contributed by atoms with Crippen LogP contribution >= 0.6 is 7.75 Å². The number of benzene rings is 1. The van der Waals surface area contributed by atoms with Crippen molar-refractivity contribution >= 4 is 37.8 Å². The summed E-state index contributed by atoms with van der Waals surface area (Å²) in [4.78, 5) is 49.8. The standard InChI is InChI=1S/C30H44N3O12P/c1-4-6-11-17-41-25(35)19-22(27(37)42-18-12-7-5-2)32-46(40,45-21-13-9-8-10-14-21)43-20-23-26(36)30(3,39)28(44-23)33-16-15-24(34)31-29(33)38/h8-10,13-14,16,22-23,26,28,36,39H,4-7,11-12,15,17-20H2,1-3H3,(H-,31,32,34,38,40)/p+1/t22-,23+,26+,28+,30+,46+/m0/s1. The van der Waals surface area contributed by atoms with Gasteiger partial charge < -0.3 is 28.9 Å². The zero-order chi connectivity index (χ0) is 33.7. The molecule has 0 unspecified atom stereocenters. The Kier molecular flexibility index (Phi) is 14.3. The normalized spacial score (nSPS) is 24.8. The van der Waals surface area contributed by atoms with Crippen LogP contribution in [0.4, 0.5) is 4.79 Å². The molecule has 0 spiro atoms. The minimum absolute atomic E-state index is 0.0758. The number of imide groups is 1. The van der Waals surface area contributed by atoms with Gasteiger partial charge in [0.05, 0.1) is 32.5 Å². The van der Waals surface area contributed by atoms with Gasteiger partial charge in [0, 0.05) is 0 Å². The molecule has 1 aromatic carbocycles. The summed E-state index contributed by atoms with van der Waals surface area (Å²) in [6, 6.07) is 5.55. The van der Waals surface area contributed by atoms with E-state index in [-0.39, 0.29) is 25.4 Å². The molecule has 2 heterocycles. The van der Waals surface area contributed by atoms with Crippen molar-refractivity contribution in [2.24, 2.45) is 0 Å². The van der Waals surface area contributed by atoms with E-state index in [0.29, 0.717) is 12.8 Å². The Morgan fingerprint density at radius 1 is 1.11 bits per heavy atom. The van der Waals surface area contributed by atoms with Gasteiger partial charge >= 0.3 is 31.6 Å². The number of rotatable bonds is 19. The second-order valence-electron chi connectivity index (χ2n) is 11.2. The third kappa shape index (κ3) is 10.7. The van der Waals surface area contributed by atoms with E-state index in [1.54, 1.807) is 18.2 Å². The summed E-state index contributed by atoms with van der Waals surface area (Å²) in [5, 5.41) is 26.6. The largest absolute Gasteiger partial charge is 0.500 e. The van der Waals surface area contributed by atoms with Gasteiger partial charge in [-0.05, 0) is 31.9 Å². The number of hydrogen-bond acceptors (Lipinski definition) is 12. The summed E-state index contributed by atoms with van der Waals surface area (Å²) in [5.74, 6) is -2.05. The lowest BCUT2D eigenvalue weighted by Crippen LogP contribution is -2.55. The predicted molar refractivity (Wildman–Crippen MR) is 163 cm³/mol. The minimum atomic E-state index is -4.56. The Morgan fingerprint density at radius 2 is 1.76 bits per heavy atom. The number of nitrogens with zero attached hydrogens (tertiary/aromatic N) is 1. The summed E-state index contributed by atoms with van der Waals surface area (Å²) in [6.45, 7) is 4.79. The van der Waals surface area contributed by atoms with Crippen LogP contribution in [0.15, 0.2) is 30.3 Å². The van der Waals surface area contributed by atoms with E-state index >= 15 is 0 Å². The molecule has 6 atom stereocenters. The van der Waals surface area contributed by atoms with Crippen LogP contribution in [0.25, 0.3) is 0 Å². The molecule has 3 amide bonds. The van der Waals surface area contributed by atoms with Crippen LogP contribution in [-0.2, 0) is 37.7 Å². The van der Waals surface area contributed by atoms with Gasteiger partial charge in [-0.2, -0.15) is 19.8 Å². The fraction of sp³-hybridized carbons (Fsp3) is 0.633. The zero-order valence-corrected chi connectivity index (χ0v) is 27.3. The molecule has 4 N–H and O–H groups in total. The Bertz CT molecular complexity index is 1270. The summed E-state index contributed by atoms with van der Waals surface area (Å²) in [7, 11) is -4.56. The van der Waals surface area contributed by atoms with Crippen LogP contribution in [0.1, 0.15) is 72.1 Å². The number of unbranched alkanes of at least 4 members (excludes halogenated alkanes) is 4. The maximum atomic E-state index is 14.2. The lowest BCUT2D eigenvalue weighted by molar-refractivity contribution is -0.546. The first-order valence-corrected chi connectivity index (χ1v) is 17.0. The van der Waals surface area contributed by atoms with Gasteiger partial charge in [0.1, 0.15) is 30.4 Å². The fourth-order valence-corrected chi connectivity index (χ4v) is 6.22. The number of carbonyl (C=O) groups excluding carboxylic acids is 4.